The number of imide groups is 1. The summed E-state index contributed by atoms with van der Waals surface area (Å²) in [6, 6.07) is 1.55. The second-order valence-corrected chi connectivity index (χ2v) is 7.20. The van der Waals surface area contributed by atoms with Crippen LogP contribution in [0.4, 0.5) is 9.59 Å². The van der Waals surface area contributed by atoms with Gasteiger partial charge in [0.25, 0.3) is 0 Å². The Morgan fingerprint density at radius 1 is 1.09 bits per heavy atom. The third-order valence-electron chi connectivity index (χ3n) is 2.23. The Hall–Kier alpha value is -1.89. The minimum Gasteiger partial charge on any atom is -0.443 e. The Bertz CT molecular complexity index is 551. The maximum Gasteiger partial charge on any atom is 0.420 e. The van der Waals surface area contributed by atoms with E-state index in [0.717, 1.165) is 4.90 Å². The van der Waals surface area contributed by atoms with E-state index in [4.69, 9.17) is 21.1 Å². The average Bonchev–Trinajstić information content (AvgIpc) is 2.31. The van der Waals surface area contributed by atoms with Crippen molar-refractivity contribution in [3.63, 3.8) is 0 Å². The van der Waals surface area contributed by atoms with Crippen molar-refractivity contribution in [1.29, 1.82) is 0 Å². The van der Waals surface area contributed by atoms with Crippen LogP contribution in [-0.2, 0) is 16.0 Å². The molecule has 0 aliphatic heterocycles. The maximum absolute atomic E-state index is 12.3. The summed E-state index contributed by atoms with van der Waals surface area (Å²) in [4.78, 5) is 33.2. The standard InChI is InChI=1S/C15H22ClN3O4/c1-14(2,3)22-12(20)19(13(21)23-15(4,5)6)9-10-7-8-17-11(16)18-10/h7-8H,9H2,1-6H3. The largest absolute Gasteiger partial charge is 0.443 e. The van der Waals surface area contributed by atoms with Crippen molar-refractivity contribution in [2.24, 2.45) is 0 Å². The van der Waals surface area contributed by atoms with E-state index in [1.54, 1.807) is 47.6 Å². The quantitative estimate of drug-likeness (QED) is 0.759. The topological polar surface area (TPSA) is 81.6 Å². The summed E-state index contributed by atoms with van der Waals surface area (Å²) < 4.78 is 10.5. The average molecular weight is 344 g/mol. The van der Waals surface area contributed by atoms with Gasteiger partial charge in [0.05, 0.1) is 12.2 Å². The highest BCUT2D eigenvalue weighted by molar-refractivity contribution is 6.28. The van der Waals surface area contributed by atoms with Crippen molar-refractivity contribution >= 4 is 23.8 Å². The summed E-state index contributed by atoms with van der Waals surface area (Å²) in [5, 5.41) is 0.0239. The van der Waals surface area contributed by atoms with Gasteiger partial charge in [0, 0.05) is 6.20 Å². The van der Waals surface area contributed by atoms with Crippen LogP contribution in [0.1, 0.15) is 47.2 Å². The van der Waals surface area contributed by atoms with Crippen molar-refractivity contribution in [2.45, 2.75) is 59.3 Å². The molecule has 23 heavy (non-hydrogen) atoms. The van der Waals surface area contributed by atoms with Gasteiger partial charge in [0.2, 0.25) is 5.28 Å². The van der Waals surface area contributed by atoms with E-state index >= 15 is 0 Å². The zero-order chi connectivity index (χ0) is 17.8. The van der Waals surface area contributed by atoms with Gasteiger partial charge in [-0.15, -0.1) is 0 Å². The lowest BCUT2D eigenvalue weighted by Crippen LogP contribution is -2.43. The summed E-state index contributed by atoms with van der Waals surface area (Å²) in [7, 11) is 0. The Kier molecular flexibility index (Phi) is 5.93. The van der Waals surface area contributed by atoms with E-state index < -0.39 is 23.4 Å². The molecule has 0 fully saturated rings. The number of amides is 2. The Morgan fingerprint density at radius 3 is 1.96 bits per heavy atom. The molecule has 1 aromatic rings. The number of carbonyl (C=O) groups excluding carboxylic acids is 2. The lowest BCUT2D eigenvalue weighted by molar-refractivity contribution is -0.000485. The molecule has 1 heterocycles. The highest BCUT2D eigenvalue weighted by atomic mass is 35.5. The van der Waals surface area contributed by atoms with Crippen LogP contribution in [0.15, 0.2) is 12.3 Å². The van der Waals surface area contributed by atoms with E-state index in [-0.39, 0.29) is 11.8 Å². The zero-order valence-electron chi connectivity index (χ0n) is 14.2. The molecule has 8 heteroatoms. The third-order valence-corrected chi connectivity index (χ3v) is 2.41. The van der Waals surface area contributed by atoms with E-state index in [1.165, 1.54) is 6.20 Å². The van der Waals surface area contributed by atoms with Crippen LogP contribution >= 0.6 is 11.6 Å². The summed E-state index contributed by atoms with van der Waals surface area (Å²) in [5.74, 6) is 0. The fourth-order valence-electron chi connectivity index (χ4n) is 1.46. The molecule has 0 bridgehead atoms. The minimum atomic E-state index is -0.818. The normalized spacial score (nSPS) is 11.8. The molecule has 1 aromatic heterocycles. The van der Waals surface area contributed by atoms with Crippen LogP contribution < -0.4 is 0 Å². The monoisotopic (exact) mass is 343 g/mol. The molecule has 0 aromatic carbocycles. The molecule has 0 spiro atoms. The third kappa shape index (κ3) is 7.27. The molecule has 7 nitrogen and oxygen atoms in total. The first-order valence-electron chi connectivity index (χ1n) is 7.08. The van der Waals surface area contributed by atoms with Crippen LogP contribution in [0.25, 0.3) is 0 Å². The van der Waals surface area contributed by atoms with Crippen molar-refractivity contribution in [2.75, 3.05) is 0 Å². The molecule has 0 aliphatic carbocycles. The van der Waals surface area contributed by atoms with Gasteiger partial charge in [0.1, 0.15) is 11.2 Å². The van der Waals surface area contributed by atoms with Gasteiger partial charge in [-0.1, -0.05) is 0 Å². The van der Waals surface area contributed by atoms with Crippen molar-refractivity contribution in [1.82, 2.24) is 14.9 Å². The lowest BCUT2D eigenvalue weighted by Gasteiger charge is -2.28. The van der Waals surface area contributed by atoms with Crippen LogP contribution in [-0.4, -0.2) is 38.3 Å². The van der Waals surface area contributed by atoms with Crippen LogP contribution in [0, 0.1) is 0 Å². The first kappa shape index (κ1) is 19.2. The van der Waals surface area contributed by atoms with E-state index in [9.17, 15) is 9.59 Å². The molecule has 0 radical (unpaired) electrons. The number of hydrogen-bond donors (Lipinski definition) is 0. The molecular weight excluding hydrogens is 322 g/mol. The predicted molar refractivity (Wildman–Crippen MR) is 85.1 cm³/mol. The lowest BCUT2D eigenvalue weighted by atomic mass is 10.2. The number of nitrogens with zero attached hydrogens (tertiary/aromatic N) is 3. The highest BCUT2D eigenvalue weighted by Gasteiger charge is 2.31. The Balaban J connectivity index is 3.00. The summed E-state index contributed by atoms with van der Waals surface area (Å²) in [6.45, 7) is 10.1. The summed E-state index contributed by atoms with van der Waals surface area (Å²) >= 11 is 5.73. The molecule has 2 amide bonds. The fraction of sp³-hybridized carbons (Fsp3) is 0.600. The Morgan fingerprint density at radius 2 is 1.57 bits per heavy atom. The second-order valence-electron chi connectivity index (χ2n) is 6.86. The molecule has 1 rings (SSSR count). The predicted octanol–water partition coefficient (Wildman–Crippen LogP) is 3.80. The van der Waals surface area contributed by atoms with Gasteiger partial charge in [-0.3, -0.25) is 0 Å². The first-order chi connectivity index (χ1) is 10.4. The highest BCUT2D eigenvalue weighted by Crippen LogP contribution is 2.16. The number of hydrogen-bond acceptors (Lipinski definition) is 6. The molecule has 0 saturated heterocycles. The molecule has 0 atom stereocenters. The second kappa shape index (κ2) is 7.12. The van der Waals surface area contributed by atoms with Crippen molar-refractivity contribution in [3.05, 3.63) is 23.2 Å². The van der Waals surface area contributed by atoms with Gasteiger partial charge in [-0.2, -0.15) is 0 Å². The van der Waals surface area contributed by atoms with E-state index in [2.05, 4.69) is 9.97 Å². The number of aromatic nitrogens is 2. The molecule has 0 unspecified atom stereocenters. The smallest absolute Gasteiger partial charge is 0.420 e. The maximum atomic E-state index is 12.3. The molecule has 0 N–H and O–H groups in total. The van der Waals surface area contributed by atoms with Gasteiger partial charge in [-0.05, 0) is 59.2 Å². The number of halogens is 1. The van der Waals surface area contributed by atoms with Gasteiger partial charge >= 0.3 is 12.2 Å². The van der Waals surface area contributed by atoms with Crippen LogP contribution in [0.3, 0.4) is 0 Å². The number of carbonyl (C=O) groups is 2. The SMILES string of the molecule is CC(C)(C)OC(=O)N(Cc1ccnc(Cl)n1)C(=O)OC(C)(C)C. The number of rotatable bonds is 2. The number of ether oxygens (including phenoxy) is 2. The Labute approximate surface area is 140 Å². The van der Waals surface area contributed by atoms with Crippen molar-refractivity contribution in [3.8, 4) is 0 Å². The van der Waals surface area contributed by atoms with Crippen molar-refractivity contribution < 1.29 is 19.1 Å². The fourth-order valence-corrected chi connectivity index (χ4v) is 1.62. The summed E-state index contributed by atoms with van der Waals surface area (Å²) in [6.07, 6.45) is -0.199. The van der Waals surface area contributed by atoms with E-state index in [0.29, 0.717) is 5.69 Å². The van der Waals surface area contributed by atoms with Gasteiger partial charge in [-0.25, -0.2) is 24.5 Å². The molecule has 0 saturated carbocycles. The molecule has 0 aliphatic rings. The molecular formula is C15H22ClN3O4. The van der Waals surface area contributed by atoms with Crippen LogP contribution in [0.5, 0.6) is 0 Å². The molecule has 128 valence electrons. The van der Waals surface area contributed by atoms with Gasteiger partial charge < -0.3 is 9.47 Å². The zero-order valence-corrected chi connectivity index (χ0v) is 15.0. The minimum absolute atomic E-state index is 0.0239. The first-order valence-corrected chi connectivity index (χ1v) is 7.46. The van der Waals surface area contributed by atoms with Crippen LogP contribution in [0.2, 0.25) is 5.28 Å². The van der Waals surface area contributed by atoms with E-state index in [1.807, 2.05) is 0 Å². The van der Waals surface area contributed by atoms with Gasteiger partial charge in [0.15, 0.2) is 0 Å². The summed E-state index contributed by atoms with van der Waals surface area (Å²) in [5.41, 5.74) is -1.11.